The molecule has 0 atom stereocenters. The quantitative estimate of drug-likeness (QED) is 0.771. The number of rotatable bonds is 7. The van der Waals surface area contributed by atoms with E-state index in [0.29, 0.717) is 31.1 Å². The first-order chi connectivity index (χ1) is 13.0. The second-order valence-corrected chi connectivity index (χ2v) is 6.63. The first-order valence-corrected chi connectivity index (χ1v) is 9.12. The predicted molar refractivity (Wildman–Crippen MR) is 103 cm³/mol. The van der Waals surface area contributed by atoms with Crippen LogP contribution in [0.4, 0.5) is 0 Å². The van der Waals surface area contributed by atoms with Crippen molar-refractivity contribution in [1.29, 1.82) is 0 Å². The van der Waals surface area contributed by atoms with E-state index < -0.39 is 11.2 Å². The van der Waals surface area contributed by atoms with Crippen LogP contribution < -0.4 is 16.0 Å². The van der Waals surface area contributed by atoms with Gasteiger partial charge in [0.05, 0.1) is 13.2 Å². The summed E-state index contributed by atoms with van der Waals surface area (Å²) in [4.78, 5) is 34.4. The molecule has 9 heteroatoms. The zero-order valence-electron chi connectivity index (χ0n) is 15.9. The maximum atomic E-state index is 13.0. The lowest BCUT2D eigenvalue weighted by atomic mass is 10.1. The lowest BCUT2D eigenvalue weighted by Gasteiger charge is -2.14. The smallest absolute Gasteiger partial charge is 0.332 e. The van der Waals surface area contributed by atoms with Gasteiger partial charge in [-0.2, -0.15) is 4.98 Å². The third-order valence-electron chi connectivity index (χ3n) is 4.63. The molecule has 0 radical (unpaired) electrons. The van der Waals surface area contributed by atoms with E-state index in [4.69, 9.17) is 9.84 Å². The van der Waals surface area contributed by atoms with Gasteiger partial charge in [0.2, 0.25) is 0 Å². The summed E-state index contributed by atoms with van der Waals surface area (Å²) in [6, 6.07) is 0.300. The van der Waals surface area contributed by atoms with Crippen molar-refractivity contribution in [2.24, 2.45) is 12.0 Å². The Morgan fingerprint density at radius 2 is 2.04 bits per heavy atom. The first-order valence-electron chi connectivity index (χ1n) is 9.12. The third-order valence-corrected chi connectivity index (χ3v) is 4.63. The molecule has 1 aliphatic rings. The molecule has 0 fully saturated rings. The number of hydrogen-bond acceptors (Lipinski definition) is 6. The van der Waals surface area contributed by atoms with Gasteiger partial charge < -0.3 is 9.84 Å². The number of imidazole rings is 1. The van der Waals surface area contributed by atoms with Crippen molar-refractivity contribution in [3.05, 3.63) is 32.6 Å². The zero-order chi connectivity index (χ0) is 19.6. The van der Waals surface area contributed by atoms with E-state index in [1.165, 1.54) is 10.1 Å². The molecular weight excluding hydrogens is 350 g/mol. The Hall–Kier alpha value is -2.68. The second-order valence-electron chi connectivity index (χ2n) is 6.63. The normalized spacial score (nSPS) is 14.4. The Bertz CT molecular complexity index is 1030. The van der Waals surface area contributed by atoms with Crippen LogP contribution in [0.3, 0.4) is 0 Å². The molecule has 0 spiro atoms. The van der Waals surface area contributed by atoms with Crippen molar-refractivity contribution >= 4 is 16.9 Å². The van der Waals surface area contributed by atoms with Gasteiger partial charge in [0.1, 0.15) is 0 Å². The van der Waals surface area contributed by atoms with E-state index in [-0.39, 0.29) is 18.8 Å². The summed E-state index contributed by atoms with van der Waals surface area (Å²) in [6.45, 7) is 4.70. The molecule has 2 aromatic rings. The molecule has 146 valence electrons. The molecule has 3 rings (SSSR count). The number of hydrogen-bond donors (Lipinski definition) is 1. The van der Waals surface area contributed by atoms with Gasteiger partial charge in [0.15, 0.2) is 11.2 Å². The maximum absolute atomic E-state index is 13.0. The van der Waals surface area contributed by atoms with E-state index in [9.17, 15) is 9.59 Å². The number of aliphatic imine (C=N–C) groups is 1. The maximum Gasteiger partial charge on any atom is 0.332 e. The molecule has 27 heavy (non-hydrogen) atoms. The van der Waals surface area contributed by atoms with Crippen LogP contribution in [0.1, 0.15) is 33.1 Å². The van der Waals surface area contributed by atoms with E-state index in [0.717, 1.165) is 23.1 Å². The topological polar surface area (TPSA) is 104 Å². The molecule has 2 aromatic heterocycles. The monoisotopic (exact) mass is 375 g/mol. The number of aliphatic hydroxyl groups excluding tert-OH is 1. The van der Waals surface area contributed by atoms with Gasteiger partial charge in [-0.25, -0.2) is 4.79 Å². The van der Waals surface area contributed by atoms with Crippen LogP contribution in [-0.2, 0) is 20.1 Å². The van der Waals surface area contributed by atoms with Gasteiger partial charge in [-0.05, 0) is 33.1 Å². The van der Waals surface area contributed by atoms with Gasteiger partial charge >= 0.3 is 5.69 Å². The van der Waals surface area contributed by atoms with Crippen LogP contribution in [0.15, 0.2) is 26.4 Å². The molecule has 9 nitrogen and oxygen atoms in total. The molecule has 0 saturated heterocycles. The predicted octanol–water partition coefficient (Wildman–Crippen LogP) is 0.816. The molecule has 1 N–H and O–H groups in total. The lowest BCUT2D eigenvalue weighted by molar-refractivity contribution is 0.277. The summed E-state index contributed by atoms with van der Waals surface area (Å²) in [7, 11) is 1.58. The minimum absolute atomic E-state index is 0.0976. The minimum Gasteiger partial charge on any atom is -0.465 e. The Morgan fingerprint density at radius 3 is 2.67 bits per heavy atom. The summed E-state index contributed by atoms with van der Waals surface area (Å²) in [6.07, 6.45) is 3.89. The Balaban J connectivity index is 2.20. The molecule has 1 aliphatic heterocycles. The Labute approximate surface area is 156 Å². The number of aliphatic hydroxyl groups is 1. The van der Waals surface area contributed by atoms with Gasteiger partial charge in [0.25, 0.3) is 11.6 Å². The van der Waals surface area contributed by atoms with Crippen molar-refractivity contribution in [2.45, 2.75) is 46.2 Å². The summed E-state index contributed by atoms with van der Waals surface area (Å²) in [5.74, 6) is 0. The van der Waals surface area contributed by atoms with E-state index in [2.05, 4.69) is 9.98 Å². The highest BCUT2D eigenvalue weighted by molar-refractivity contribution is 5.87. The fourth-order valence-corrected chi connectivity index (χ4v) is 3.14. The van der Waals surface area contributed by atoms with E-state index >= 15 is 0 Å². The molecule has 3 heterocycles. The number of allylic oxidation sites excluding steroid dienone is 1. The number of ether oxygens (including phenoxy) is 1. The summed E-state index contributed by atoms with van der Waals surface area (Å²) in [5, 5.41) is 9.08. The van der Waals surface area contributed by atoms with Crippen LogP contribution in [0.25, 0.3) is 11.2 Å². The van der Waals surface area contributed by atoms with Crippen molar-refractivity contribution in [3.63, 3.8) is 0 Å². The molecule has 0 aliphatic carbocycles. The molecule has 0 unspecified atom stereocenters. The van der Waals surface area contributed by atoms with Gasteiger partial charge in [0, 0.05) is 32.1 Å². The lowest BCUT2D eigenvalue weighted by Crippen LogP contribution is -2.40. The molecular formula is C18H25N5O4. The molecule has 0 saturated carbocycles. The average Bonchev–Trinajstić information content (AvgIpc) is 3.00. The van der Waals surface area contributed by atoms with Crippen LogP contribution in [0.2, 0.25) is 0 Å². The summed E-state index contributed by atoms with van der Waals surface area (Å²) in [5.41, 5.74) is 1.86. The minimum atomic E-state index is -0.456. The number of aromatic nitrogens is 4. The fourth-order valence-electron chi connectivity index (χ4n) is 3.14. The fraction of sp³-hybridized carbons (Fsp3) is 0.556. The van der Waals surface area contributed by atoms with Crippen LogP contribution >= 0.6 is 0 Å². The summed E-state index contributed by atoms with van der Waals surface area (Å²) < 4.78 is 9.82. The molecule has 0 bridgehead atoms. The average molecular weight is 375 g/mol. The summed E-state index contributed by atoms with van der Waals surface area (Å²) >= 11 is 0. The van der Waals surface area contributed by atoms with Crippen molar-refractivity contribution < 1.29 is 9.84 Å². The molecule has 0 amide bonds. The zero-order valence-corrected chi connectivity index (χ0v) is 15.9. The van der Waals surface area contributed by atoms with Gasteiger partial charge in [-0.15, -0.1) is 0 Å². The second kappa shape index (κ2) is 7.91. The standard InChI is InChI=1S/C18H25N5O4/c1-4-27-17-20-15-14(23(17)11-13-7-6-12(2)10-19-13)16(25)22(8-5-9-24)18(26)21(15)3/h10,24H,4-9,11H2,1-3H3. The van der Waals surface area contributed by atoms with Crippen LogP contribution in [0.5, 0.6) is 6.01 Å². The van der Waals surface area contributed by atoms with E-state index in [1.54, 1.807) is 11.6 Å². The van der Waals surface area contributed by atoms with Gasteiger partial charge in [-0.1, -0.05) is 5.57 Å². The molecule has 0 aromatic carbocycles. The Kier molecular flexibility index (Phi) is 5.59. The first kappa shape index (κ1) is 19.1. The Morgan fingerprint density at radius 1 is 1.26 bits per heavy atom. The highest BCUT2D eigenvalue weighted by atomic mass is 16.5. The number of aryl methyl sites for hydroxylation is 1. The van der Waals surface area contributed by atoms with Crippen molar-refractivity contribution in [3.8, 4) is 6.01 Å². The number of nitrogens with zero attached hydrogens (tertiary/aromatic N) is 5. The van der Waals surface area contributed by atoms with Gasteiger partial charge in [-0.3, -0.25) is 23.5 Å². The highest BCUT2D eigenvalue weighted by Crippen LogP contribution is 2.20. The van der Waals surface area contributed by atoms with Crippen LogP contribution in [-0.4, -0.2) is 42.7 Å². The van der Waals surface area contributed by atoms with E-state index in [1.807, 2.05) is 20.0 Å². The largest absolute Gasteiger partial charge is 0.465 e. The number of fused-ring (bicyclic) bond motifs is 1. The van der Waals surface area contributed by atoms with Crippen molar-refractivity contribution in [1.82, 2.24) is 18.7 Å². The highest BCUT2D eigenvalue weighted by Gasteiger charge is 2.22. The van der Waals surface area contributed by atoms with Crippen molar-refractivity contribution in [2.75, 3.05) is 13.2 Å². The SMILES string of the molecule is CCOc1nc2c(c(=O)n(CCCO)c(=O)n2C)n1CC1=NC=C(C)CC1. The van der Waals surface area contributed by atoms with Crippen LogP contribution in [0, 0.1) is 0 Å². The third kappa shape index (κ3) is 3.59.